The lowest BCUT2D eigenvalue weighted by atomic mass is 10.1. The molecule has 1 aromatic carbocycles. The summed E-state index contributed by atoms with van der Waals surface area (Å²) in [5, 5.41) is 0. The first-order chi connectivity index (χ1) is 11.4. The van der Waals surface area contributed by atoms with Crippen molar-refractivity contribution in [3.8, 4) is 0 Å². The number of carbonyl (C=O) groups excluding carboxylic acids is 1. The van der Waals surface area contributed by atoms with Crippen molar-refractivity contribution in [1.82, 2.24) is 0 Å². The van der Waals surface area contributed by atoms with Gasteiger partial charge in [-0.25, -0.2) is 8.42 Å². The molecule has 2 heterocycles. The van der Waals surface area contributed by atoms with Crippen LogP contribution in [-0.2, 0) is 30.1 Å². The fourth-order valence-electron chi connectivity index (χ4n) is 3.06. The molecule has 0 aromatic heterocycles. The number of nitrogens with one attached hydrogen (secondary N) is 1. The number of unbranched alkanes of at least 4 members (excludes halogenated alkanes) is 1. The molecular formula is C16H22N2O5S. The summed E-state index contributed by atoms with van der Waals surface area (Å²) in [6.07, 6.45) is 3.63. The zero-order valence-electron chi connectivity index (χ0n) is 13.9. The van der Waals surface area contributed by atoms with E-state index in [-0.39, 0.29) is 5.91 Å². The number of hydrogen-bond acceptors (Lipinski definition) is 5. The van der Waals surface area contributed by atoms with Crippen LogP contribution >= 0.6 is 0 Å². The van der Waals surface area contributed by atoms with Crippen molar-refractivity contribution in [3.63, 3.8) is 0 Å². The van der Waals surface area contributed by atoms with Gasteiger partial charge in [0.25, 0.3) is 11.7 Å². The van der Waals surface area contributed by atoms with Crippen molar-refractivity contribution in [2.24, 2.45) is 0 Å². The van der Waals surface area contributed by atoms with Crippen molar-refractivity contribution in [3.05, 3.63) is 23.8 Å². The number of rotatable bonds is 5. The molecule has 1 amide bonds. The van der Waals surface area contributed by atoms with Gasteiger partial charge in [-0.3, -0.25) is 9.52 Å². The standard InChI is InChI=1S/C16H22N2O5S/c1-3-4-8-18-14-7-6-12(17-24(2,20)21)11-13(14)16(15(18)19)22-9-5-10-23-16/h6-7,11,17H,3-5,8-10H2,1-2H3. The van der Waals surface area contributed by atoms with Crippen LogP contribution < -0.4 is 9.62 Å². The molecule has 7 nitrogen and oxygen atoms in total. The van der Waals surface area contributed by atoms with Crippen LogP contribution in [0.2, 0.25) is 0 Å². The molecule has 132 valence electrons. The number of nitrogens with zero attached hydrogens (tertiary/aromatic N) is 1. The SMILES string of the molecule is CCCCN1C(=O)C2(OCCCO2)c2cc(NS(C)(=O)=O)ccc21. The van der Waals surface area contributed by atoms with E-state index in [2.05, 4.69) is 11.6 Å². The first-order valence-electron chi connectivity index (χ1n) is 8.09. The predicted molar refractivity (Wildman–Crippen MR) is 90.4 cm³/mol. The van der Waals surface area contributed by atoms with E-state index in [1.807, 2.05) is 0 Å². The molecule has 8 heteroatoms. The number of carbonyl (C=O) groups is 1. The van der Waals surface area contributed by atoms with Gasteiger partial charge in [0.05, 0.1) is 25.2 Å². The van der Waals surface area contributed by atoms with Crippen LogP contribution in [0.3, 0.4) is 0 Å². The van der Waals surface area contributed by atoms with Crippen LogP contribution in [0.15, 0.2) is 18.2 Å². The van der Waals surface area contributed by atoms with Gasteiger partial charge in [-0.15, -0.1) is 0 Å². The number of anilines is 2. The molecule has 2 aliphatic heterocycles. The van der Waals surface area contributed by atoms with E-state index in [1.165, 1.54) is 0 Å². The number of fused-ring (bicyclic) bond motifs is 2. The lowest BCUT2D eigenvalue weighted by Gasteiger charge is -2.32. The Balaban J connectivity index is 2.05. The molecule has 0 unspecified atom stereocenters. The van der Waals surface area contributed by atoms with Gasteiger partial charge >= 0.3 is 0 Å². The van der Waals surface area contributed by atoms with Crippen LogP contribution in [0.25, 0.3) is 0 Å². The zero-order valence-corrected chi connectivity index (χ0v) is 14.7. The summed E-state index contributed by atoms with van der Waals surface area (Å²) in [6, 6.07) is 5.02. The van der Waals surface area contributed by atoms with E-state index in [9.17, 15) is 13.2 Å². The average molecular weight is 354 g/mol. The molecule has 1 saturated heterocycles. The molecule has 0 aliphatic carbocycles. The van der Waals surface area contributed by atoms with Crippen molar-refractivity contribution in [1.29, 1.82) is 0 Å². The third-order valence-corrected chi connectivity index (χ3v) is 4.71. The lowest BCUT2D eigenvalue weighted by molar-refractivity contribution is -0.256. The Morgan fingerprint density at radius 1 is 1.29 bits per heavy atom. The molecule has 24 heavy (non-hydrogen) atoms. The molecule has 1 fully saturated rings. The van der Waals surface area contributed by atoms with Crippen LogP contribution in [0, 0.1) is 0 Å². The van der Waals surface area contributed by atoms with Crippen LogP contribution in [0.5, 0.6) is 0 Å². The minimum atomic E-state index is -3.41. The van der Waals surface area contributed by atoms with E-state index >= 15 is 0 Å². The Kier molecular flexibility index (Phi) is 4.54. The quantitative estimate of drug-likeness (QED) is 0.871. The van der Waals surface area contributed by atoms with Crippen molar-refractivity contribution >= 4 is 27.3 Å². The molecule has 3 rings (SSSR count). The first kappa shape index (κ1) is 17.2. The summed E-state index contributed by atoms with van der Waals surface area (Å²) in [6.45, 7) is 3.49. The lowest BCUT2D eigenvalue weighted by Crippen LogP contribution is -2.47. The number of sulfonamides is 1. The van der Waals surface area contributed by atoms with Crippen LogP contribution in [-0.4, -0.2) is 40.3 Å². The van der Waals surface area contributed by atoms with E-state index in [0.717, 1.165) is 31.2 Å². The van der Waals surface area contributed by atoms with E-state index in [4.69, 9.17) is 9.47 Å². The second-order valence-electron chi connectivity index (χ2n) is 6.08. The smallest absolute Gasteiger partial charge is 0.292 e. The largest absolute Gasteiger partial charge is 0.338 e. The summed E-state index contributed by atoms with van der Waals surface area (Å²) in [5.74, 6) is -1.68. The van der Waals surface area contributed by atoms with Crippen molar-refractivity contribution in [2.45, 2.75) is 32.0 Å². The number of amides is 1. The molecular weight excluding hydrogens is 332 g/mol. The minimum Gasteiger partial charge on any atom is -0.338 e. The van der Waals surface area contributed by atoms with E-state index < -0.39 is 15.8 Å². The zero-order chi connectivity index (χ0) is 17.4. The summed E-state index contributed by atoms with van der Waals surface area (Å²) in [4.78, 5) is 14.7. The number of ether oxygens (including phenoxy) is 2. The van der Waals surface area contributed by atoms with Gasteiger partial charge in [0.1, 0.15) is 0 Å². The second-order valence-corrected chi connectivity index (χ2v) is 7.83. The Bertz CT molecular complexity index is 741. The van der Waals surface area contributed by atoms with Gasteiger partial charge in [-0.2, -0.15) is 0 Å². The highest BCUT2D eigenvalue weighted by atomic mass is 32.2. The average Bonchev–Trinajstić information content (AvgIpc) is 2.74. The number of benzene rings is 1. The van der Waals surface area contributed by atoms with Crippen molar-refractivity contribution in [2.75, 3.05) is 35.6 Å². The fourth-order valence-corrected chi connectivity index (χ4v) is 3.62. The van der Waals surface area contributed by atoms with Gasteiger partial charge in [0.15, 0.2) is 0 Å². The molecule has 1 N–H and O–H groups in total. The molecule has 2 aliphatic rings. The molecule has 0 saturated carbocycles. The Morgan fingerprint density at radius 2 is 2.00 bits per heavy atom. The predicted octanol–water partition coefficient (Wildman–Crippen LogP) is 1.79. The maximum atomic E-state index is 13.0. The maximum Gasteiger partial charge on any atom is 0.292 e. The summed E-state index contributed by atoms with van der Waals surface area (Å²) >= 11 is 0. The second kappa shape index (κ2) is 6.34. The summed E-state index contributed by atoms with van der Waals surface area (Å²) < 4.78 is 37.0. The highest BCUT2D eigenvalue weighted by molar-refractivity contribution is 7.92. The normalized spacial score (nSPS) is 19.6. The third-order valence-electron chi connectivity index (χ3n) is 4.11. The molecule has 0 atom stereocenters. The van der Waals surface area contributed by atoms with Gasteiger partial charge < -0.3 is 14.4 Å². The number of hydrogen-bond donors (Lipinski definition) is 1. The van der Waals surface area contributed by atoms with Crippen molar-refractivity contribution < 1.29 is 22.7 Å². The van der Waals surface area contributed by atoms with E-state index in [0.29, 0.717) is 31.0 Å². The summed E-state index contributed by atoms with van der Waals surface area (Å²) in [5.41, 5.74) is 1.67. The third kappa shape index (κ3) is 3.01. The summed E-state index contributed by atoms with van der Waals surface area (Å²) in [7, 11) is -3.41. The molecule has 0 bridgehead atoms. The minimum absolute atomic E-state index is 0.234. The first-order valence-corrected chi connectivity index (χ1v) is 9.99. The monoisotopic (exact) mass is 354 g/mol. The molecule has 1 aromatic rings. The van der Waals surface area contributed by atoms with Gasteiger partial charge in [0.2, 0.25) is 10.0 Å². The van der Waals surface area contributed by atoms with Gasteiger partial charge in [-0.05, 0) is 31.0 Å². The van der Waals surface area contributed by atoms with Gasteiger partial charge in [0, 0.05) is 17.8 Å². The highest BCUT2D eigenvalue weighted by Crippen LogP contribution is 2.46. The van der Waals surface area contributed by atoms with Gasteiger partial charge in [-0.1, -0.05) is 13.3 Å². The Hall–Kier alpha value is -1.64. The van der Waals surface area contributed by atoms with Crippen LogP contribution in [0.1, 0.15) is 31.7 Å². The Labute approximate surface area is 142 Å². The molecule has 1 spiro atoms. The van der Waals surface area contributed by atoms with E-state index in [1.54, 1.807) is 23.1 Å². The maximum absolute atomic E-state index is 13.0. The Morgan fingerprint density at radius 3 is 2.62 bits per heavy atom. The topological polar surface area (TPSA) is 84.9 Å². The molecule has 0 radical (unpaired) electrons. The fraction of sp³-hybridized carbons (Fsp3) is 0.562. The highest BCUT2D eigenvalue weighted by Gasteiger charge is 2.54. The van der Waals surface area contributed by atoms with Crippen LogP contribution in [0.4, 0.5) is 11.4 Å².